The van der Waals surface area contributed by atoms with Crippen LogP contribution in [-0.4, -0.2) is 24.4 Å². The summed E-state index contributed by atoms with van der Waals surface area (Å²) in [7, 11) is 1.26. The zero-order valence-corrected chi connectivity index (χ0v) is 12.1. The van der Waals surface area contributed by atoms with E-state index in [1.165, 1.54) is 21.0 Å². The van der Waals surface area contributed by atoms with Crippen LogP contribution in [0.2, 0.25) is 0 Å². The number of aliphatic hydroxyl groups is 1. The lowest BCUT2D eigenvalue weighted by atomic mass is 9.87. The van der Waals surface area contributed by atoms with E-state index in [1.54, 1.807) is 0 Å². The number of methoxy groups -OCH3 is 1. The maximum Gasteiger partial charge on any atom is 0.416 e. The van der Waals surface area contributed by atoms with Gasteiger partial charge in [0, 0.05) is 13.0 Å². The minimum absolute atomic E-state index is 0.0556. The predicted octanol–water partition coefficient (Wildman–Crippen LogP) is 4.22. The van der Waals surface area contributed by atoms with Gasteiger partial charge in [-0.3, -0.25) is 0 Å². The zero-order valence-electron chi connectivity index (χ0n) is 12.1. The highest BCUT2D eigenvalue weighted by Gasteiger charge is 2.38. The van der Waals surface area contributed by atoms with Gasteiger partial charge in [0.1, 0.15) is 0 Å². The second kappa shape index (κ2) is 6.45. The fraction of sp³-hybridized carbons (Fsp3) is 0.571. The zero-order chi connectivity index (χ0) is 17.3. The lowest BCUT2D eigenvalue weighted by molar-refractivity contribution is -0.143. The molecule has 0 saturated carbocycles. The number of alkyl halides is 6. The van der Waals surface area contributed by atoms with Crippen molar-refractivity contribution in [1.82, 2.24) is 0 Å². The topological polar surface area (TPSA) is 29.5 Å². The second-order valence-electron chi connectivity index (χ2n) is 5.05. The Morgan fingerprint density at radius 1 is 0.909 bits per heavy atom. The number of halogens is 6. The van der Waals surface area contributed by atoms with Gasteiger partial charge in [0.15, 0.2) is 0 Å². The summed E-state index contributed by atoms with van der Waals surface area (Å²) in [6.07, 6.45) is -11.8. The number of ether oxygens (including phenoxy) is 1. The van der Waals surface area contributed by atoms with Crippen LogP contribution in [0.1, 0.15) is 36.5 Å². The third kappa shape index (κ3) is 4.36. The van der Waals surface area contributed by atoms with Gasteiger partial charge in [-0.15, -0.1) is 0 Å². The van der Waals surface area contributed by atoms with Crippen LogP contribution in [0.5, 0.6) is 0 Å². The van der Waals surface area contributed by atoms with Crippen LogP contribution >= 0.6 is 0 Å². The van der Waals surface area contributed by atoms with E-state index in [0.29, 0.717) is 12.1 Å². The molecule has 1 aromatic carbocycles. The summed E-state index contributed by atoms with van der Waals surface area (Å²) in [5, 5.41) is 9.71. The van der Waals surface area contributed by atoms with Gasteiger partial charge in [0.25, 0.3) is 0 Å². The van der Waals surface area contributed by atoms with E-state index < -0.39 is 41.6 Å². The molecule has 0 bridgehead atoms. The monoisotopic (exact) mass is 330 g/mol. The molecule has 3 unspecified atom stereocenters. The molecule has 0 aliphatic rings. The first-order valence-electron chi connectivity index (χ1n) is 6.38. The minimum atomic E-state index is -4.92. The third-order valence-electron chi connectivity index (χ3n) is 3.39. The Morgan fingerprint density at radius 3 is 1.59 bits per heavy atom. The Morgan fingerprint density at radius 2 is 1.32 bits per heavy atom. The fourth-order valence-corrected chi connectivity index (χ4v) is 2.26. The molecular weight excluding hydrogens is 314 g/mol. The molecular formula is C14H16F6O2. The van der Waals surface area contributed by atoms with Crippen LogP contribution in [0.25, 0.3) is 0 Å². The molecule has 8 heteroatoms. The number of hydrogen-bond acceptors (Lipinski definition) is 2. The summed E-state index contributed by atoms with van der Waals surface area (Å²) in [4.78, 5) is 0. The van der Waals surface area contributed by atoms with Crippen LogP contribution in [0, 0.1) is 0 Å². The fourth-order valence-electron chi connectivity index (χ4n) is 2.26. The standard InChI is InChI=1S/C14H16F6O2/c1-7(21)12(8(2)22-3)9-4-10(13(15,16)17)6-11(5-9)14(18,19)20/h4-8,12,21H,1-3H3. The molecule has 1 N–H and O–H groups in total. The minimum Gasteiger partial charge on any atom is -0.393 e. The molecule has 3 atom stereocenters. The average Bonchev–Trinajstić information content (AvgIpc) is 2.35. The van der Waals surface area contributed by atoms with Gasteiger partial charge in [0.05, 0.1) is 23.3 Å². The average molecular weight is 330 g/mol. The molecule has 0 aliphatic heterocycles. The molecule has 0 aromatic heterocycles. The Hall–Kier alpha value is -1.28. The van der Waals surface area contributed by atoms with Gasteiger partial charge in [-0.1, -0.05) is 0 Å². The SMILES string of the molecule is COC(C)C(c1cc(C(F)(F)F)cc(C(F)(F)F)c1)C(C)O. The van der Waals surface area contributed by atoms with Gasteiger partial charge >= 0.3 is 12.4 Å². The van der Waals surface area contributed by atoms with Crippen molar-refractivity contribution in [3.05, 3.63) is 34.9 Å². The van der Waals surface area contributed by atoms with Gasteiger partial charge in [-0.2, -0.15) is 26.3 Å². The van der Waals surface area contributed by atoms with Gasteiger partial charge in [-0.25, -0.2) is 0 Å². The van der Waals surface area contributed by atoms with Gasteiger partial charge in [0.2, 0.25) is 0 Å². The van der Waals surface area contributed by atoms with Crippen molar-refractivity contribution in [1.29, 1.82) is 0 Å². The number of benzene rings is 1. The van der Waals surface area contributed by atoms with Crippen LogP contribution in [0.15, 0.2) is 18.2 Å². The first-order valence-corrected chi connectivity index (χ1v) is 6.38. The summed E-state index contributed by atoms with van der Waals surface area (Å²) in [5.41, 5.74) is -3.09. The van der Waals surface area contributed by atoms with E-state index in [-0.39, 0.29) is 11.6 Å². The summed E-state index contributed by atoms with van der Waals surface area (Å²) >= 11 is 0. The molecule has 0 amide bonds. The summed E-state index contributed by atoms with van der Waals surface area (Å²) < 4.78 is 81.9. The smallest absolute Gasteiger partial charge is 0.393 e. The Bertz CT molecular complexity index is 475. The normalized spacial score (nSPS) is 17.2. The van der Waals surface area contributed by atoms with E-state index in [0.717, 1.165) is 0 Å². The molecule has 1 rings (SSSR count). The van der Waals surface area contributed by atoms with Crippen LogP contribution < -0.4 is 0 Å². The highest BCUT2D eigenvalue weighted by Crippen LogP contribution is 2.39. The molecule has 126 valence electrons. The predicted molar refractivity (Wildman–Crippen MR) is 67.3 cm³/mol. The van der Waals surface area contributed by atoms with Crippen molar-refractivity contribution in [3.8, 4) is 0 Å². The maximum atomic E-state index is 12.8. The second-order valence-corrected chi connectivity index (χ2v) is 5.05. The van der Waals surface area contributed by atoms with Crippen molar-refractivity contribution in [3.63, 3.8) is 0 Å². The van der Waals surface area contributed by atoms with E-state index in [4.69, 9.17) is 4.74 Å². The van der Waals surface area contributed by atoms with Gasteiger partial charge in [-0.05, 0) is 37.6 Å². The van der Waals surface area contributed by atoms with Crippen LogP contribution in [0.4, 0.5) is 26.3 Å². The highest BCUT2D eigenvalue weighted by atomic mass is 19.4. The number of hydrogen-bond donors (Lipinski definition) is 1. The van der Waals surface area contributed by atoms with Crippen molar-refractivity contribution >= 4 is 0 Å². The summed E-state index contributed by atoms with van der Waals surface area (Å²) in [6, 6.07) is 1.28. The van der Waals surface area contributed by atoms with E-state index in [9.17, 15) is 31.4 Å². The van der Waals surface area contributed by atoms with Gasteiger partial charge < -0.3 is 9.84 Å². The molecule has 2 nitrogen and oxygen atoms in total. The maximum absolute atomic E-state index is 12.8. The van der Waals surface area contributed by atoms with Crippen LogP contribution in [-0.2, 0) is 17.1 Å². The lowest BCUT2D eigenvalue weighted by Crippen LogP contribution is -2.28. The molecule has 0 fully saturated rings. The Kier molecular flexibility index (Phi) is 5.51. The Balaban J connectivity index is 3.52. The first-order chi connectivity index (χ1) is 9.87. The quantitative estimate of drug-likeness (QED) is 0.838. The largest absolute Gasteiger partial charge is 0.416 e. The summed E-state index contributed by atoms with van der Waals surface area (Å²) in [5.74, 6) is -1.02. The first kappa shape index (κ1) is 18.8. The van der Waals surface area contributed by atoms with Crippen molar-refractivity contribution in [2.24, 2.45) is 0 Å². The summed E-state index contributed by atoms with van der Waals surface area (Å²) in [6.45, 7) is 2.75. The highest BCUT2D eigenvalue weighted by molar-refractivity contribution is 5.36. The lowest BCUT2D eigenvalue weighted by Gasteiger charge is -2.27. The molecule has 0 aliphatic carbocycles. The molecule has 0 spiro atoms. The number of rotatable bonds is 4. The molecule has 0 heterocycles. The molecule has 0 saturated heterocycles. The van der Waals surface area contributed by atoms with Crippen molar-refractivity contribution in [2.45, 2.75) is 44.3 Å². The van der Waals surface area contributed by atoms with E-state index in [1.807, 2.05) is 0 Å². The van der Waals surface area contributed by atoms with E-state index >= 15 is 0 Å². The van der Waals surface area contributed by atoms with Crippen LogP contribution in [0.3, 0.4) is 0 Å². The van der Waals surface area contributed by atoms with Crippen molar-refractivity contribution in [2.75, 3.05) is 7.11 Å². The molecule has 0 radical (unpaired) electrons. The Labute approximate surface area is 123 Å². The number of aliphatic hydroxyl groups excluding tert-OH is 1. The molecule has 1 aromatic rings. The molecule has 22 heavy (non-hydrogen) atoms. The third-order valence-corrected chi connectivity index (χ3v) is 3.39. The van der Waals surface area contributed by atoms with E-state index in [2.05, 4.69) is 0 Å². The van der Waals surface area contributed by atoms with Crippen molar-refractivity contribution < 1.29 is 36.2 Å².